The SMILES string of the molecule is CCCOP(=S)(Cl)OC(C)(C)C. The molecule has 0 aromatic carbocycles. The van der Waals surface area contributed by atoms with Crippen LogP contribution in [0.1, 0.15) is 34.1 Å². The first-order valence-electron chi connectivity index (χ1n) is 3.92. The van der Waals surface area contributed by atoms with E-state index in [-0.39, 0.29) is 5.60 Å². The van der Waals surface area contributed by atoms with Gasteiger partial charge in [-0.1, -0.05) is 6.92 Å². The van der Waals surface area contributed by atoms with Crippen LogP contribution in [0.4, 0.5) is 0 Å². The topological polar surface area (TPSA) is 18.5 Å². The van der Waals surface area contributed by atoms with Crippen molar-refractivity contribution in [3.8, 4) is 0 Å². The molecule has 5 heteroatoms. The first kappa shape index (κ1) is 12.9. The van der Waals surface area contributed by atoms with Gasteiger partial charge in [-0.25, -0.2) is 0 Å². The summed E-state index contributed by atoms with van der Waals surface area (Å²) in [5, 5.41) is 0. The Kier molecular flexibility index (Phi) is 5.27. The Balaban J connectivity index is 3.96. The fraction of sp³-hybridized carbons (Fsp3) is 1.00. The molecule has 0 spiro atoms. The highest BCUT2D eigenvalue weighted by Crippen LogP contribution is 2.56. The predicted octanol–water partition coefficient (Wildman–Crippen LogP) is 3.69. The highest BCUT2D eigenvalue weighted by molar-refractivity contribution is 8.22. The van der Waals surface area contributed by atoms with Gasteiger partial charge < -0.3 is 9.05 Å². The lowest BCUT2D eigenvalue weighted by atomic mass is 10.2. The van der Waals surface area contributed by atoms with Crippen LogP contribution in [0.25, 0.3) is 0 Å². The van der Waals surface area contributed by atoms with Crippen LogP contribution < -0.4 is 0 Å². The minimum Gasteiger partial charge on any atom is -0.318 e. The summed E-state index contributed by atoms with van der Waals surface area (Å²) in [7, 11) is 0. The molecule has 1 atom stereocenters. The number of hydrogen-bond donors (Lipinski definition) is 0. The Morgan fingerprint density at radius 1 is 1.42 bits per heavy atom. The molecule has 0 saturated carbocycles. The zero-order valence-electron chi connectivity index (χ0n) is 7.96. The van der Waals surface area contributed by atoms with Crippen LogP contribution in [0.5, 0.6) is 0 Å². The standard InChI is InChI=1S/C7H16ClO2PS/c1-5-6-9-11(8,12)10-7(2,3)4/h5-6H2,1-4H3. The minimum absolute atomic E-state index is 0.328. The van der Waals surface area contributed by atoms with Crippen molar-refractivity contribution in [2.75, 3.05) is 6.61 Å². The van der Waals surface area contributed by atoms with E-state index in [4.69, 9.17) is 32.1 Å². The molecule has 1 unspecified atom stereocenters. The highest BCUT2D eigenvalue weighted by atomic mass is 35.7. The van der Waals surface area contributed by atoms with E-state index < -0.39 is 5.84 Å². The molecule has 12 heavy (non-hydrogen) atoms. The van der Waals surface area contributed by atoms with Crippen molar-refractivity contribution >= 4 is 28.9 Å². The van der Waals surface area contributed by atoms with Crippen LogP contribution >= 0.6 is 17.1 Å². The molecule has 0 saturated heterocycles. The van der Waals surface area contributed by atoms with Gasteiger partial charge in [-0.15, -0.1) is 0 Å². The third kappa shape index (κ3) is 7.51. The average molecular weight is 231 g/mol. The smallest absolute Gasteiger partial charge is 0.282 e. The summed E-state index contributed by atoms with van der Waals surface area (Å²) in [5.41, 5.74) is -0.328. The fourth-order valence-electron chi connectivity index (χ4n) is 0.554. The summed E-state index contributed by atoms with van der Waals surface area (Å²) < 4.78 is 10.6. The Morgan fingerprint density at radius 2 is 1.92 bits per heavy atom. The second-order valence-corrected chi connectivity index (χ2v) is 8.15. The zero-order chi connectivity index (χ0) is 9.83. The summed E-state index contributed by atoms with van der Waals surface area (Å²) in [6.07, 6.45) is 0.901. The summed E-state index contributed by atoms with van der Waals surface area (Å²) in [6, 6.07) is 0. The fourth-order valence-corrected chi connectivity index (χ4v) is 3.38. The van der Waals surface area contributed by atoms with Gasteiger partial charge in [0.2, 0.25) is 0 Å². The molecule has 0 N–H and O–H groups in total. The molecule has 0 bridgehead atoms. The van der Waals surface area contributed by atoms with Crippen LogP contribution in [0.3, 0.4) is 0 Å². The molecule has 0 heterocycles. The lowest BCUT2D eigenvalue weighted by Crippen LogP contribution is -2.16. The summed E-state index contributed by atoms with van der Waals surface area (Å²) >= 11 is 10.9. The van der Waals surface area contributed by atoms with Crippen molar-refractivity contribution < 1.29 is 9.05 Å². The van der Waals surface area contributed by atoms with E-state index in [1.165, 1.54) is 0 Å². The van der Waals surface area contributed by atoms with Crippen molar-refractivity contribution in [3.63, 3.8) is 0 Å². The summed E-state index contributed by atoms with van der Waals surface area (Å²) in [4.78, 5) is 0. The van der Waals surface area contributed by atoms with Crippen molar-refractivity contribution in [1.29, 1.82) is 0 Å². The van der Waals surface area contributed by atoms with Crippen LogP contribution in [-0.2, 0) is 20.9 Å². The van der Waals surface area contributed by atoms with E-state index in [0.717, 1.165) is 6.42 Å². The maximum Gasteiger partial charge on any atom is 0.282 e. The Morgan fingerprint density at radius 3 is 2.25 bits per heavy atom. The Labute approximate surface area is 84.5 Å². The van der Waals surface area contributed by atoms with Gasteiger partial charge in [-0.3, -0.25) is 0 Å². The normalized spacial score (nSPS) is 17.4. The Bertz CT molecular complexity index is 179. The van der Waals surface area contributed by atoms with Crippen molar-refractivity contribution in [2.45, 2.75) is 39.7 Å². The van der Waals surface area contributed by atoms with E-state index in [1.54, 1.807) is 0 Å². The third-order valence-corrected chi connectivity index (χ3v) is 3.13. The molecular weight excluding hydrogens is 215 g/mol. The molecule has 0 aliphatic rings. The summed E-state index contributed by atoms with van der Waals surface area (Å²) in [6.45, 7) is 8.30. The van der Waals surface area contributed by atoms with Crippen molar-refractivity contribution in [3.05, 3.63) is 0 Å². The average Bonchev–Trinajstić information content (AvgIpc) is 1.78. The van der Waals surface area contributed by atoms with Gasteiger partial charge >= 0.3 is 0 Å². The van der Waals surface area contributed by atoms with E-state index in [0.29, 0.717) is 6.61 Å². The van der Waals surface area contributed by atoms with Gasteiger partial charge in [-0.2, -0.15) is 0 Å². The zero-order valence-corrected chi connectivity index (χ0v) is 10.4. The molecular formula is C7H16ClO2PS. The molecule has 0 aromatic heterocycles. The molecule has 0 rings (SSSR count). The molecule has 2 nitrogen and oxygen atoms in total. The maximum atomic E-state index is 5.88. The third-order valence-electron chi connectivity index (χ3n) is 0.833. The monoisotopic (exact) mass is 230 g/mol. The molecule has 0 fully saturated rings. The molecule has 0 aliphatic heterocycles. The van der Waals surface area contributed by atoms with Gasteiger partial charge in [-0.05, 0) is 50.2 Å². The molecule has 0 aromatic rings. The second kappa shape index (κ2) is 4.92. The van der Waals surface area contributed by atoms with E-state index >= 15 is 0 Å². The summed E-state index contributed by atoms with van der Waals surface area (Å²) in [5.74, 6) is -2.53. The number of hydrogen-bond acceptors (Lipinski definition) is 3. The van der Waals surface area contributed by atoms with Gasteiger partial charge in [0.25, 0.3) is 5.84 Å². The largest absolute Gasteiger partial charge is 0.318 e. The van der Waals surface area contributed by atoms with Gasteiger partial charge in [0.15, 0.2) is 0 Å². The molecule has 0 amide bonds. The lowest BCUT2D eigenvalue weighted by molar-refractivity contribution is 0.124. The minimum atomic E-state index is -2.53. The lowest BCUT2D eigenvalue weighted by Gasteiger charge is -2.25. The van der Waals surface area contributed by atoms with Gasteiger partial charge in [0, 0.05) is 0 Å². The Hall–Kier alpha value is 0.860. The quantitative estimate of drug-likeness (QED) is 0.687. The van der Waals surface area contributed by atoms with Crippen molar-refractivity contribution in [1.82, 2.24) is 0 Å². The van der Waals surface area contributed by atoms with Crippen LogP contribution in [0.2, 0.25) is 0 Å². The number of halogens is 1. The van der Waals surface area contributed by atoms with Crippen LogP contribution in [0, 0.1) is 0 Å². The predicted molar refractivity (Wildman–Crippen MR) is 57.2 cm³/mol. The molecule has 0 aliphatic carbocycles. The molecule has 0 radical (unpaired) electrons. The number of rotatable bonds is 4. The van der Waals surface area contributed by atoms with E-state index in [9.17, 15) is 0 Å². The van der Waals surface area contributed by atoms with Crippen LogP contribution in [-0.4, -0.2) is 12.2 Å². The first-order valence-corrected chi connectivity index (χ1v) is 7.46. The first-order chi connectivity index (χ1) is 5.27. The van der Waals surface area contributed by atoms with Crippen LogP contribution in [0.15, 0.2) is 0 Å². The van der Waals surface area contributed by atoms with Gasteiger partial charge in [0.05, 0.1) is 12.2 Å². The second-order valence-electron chi connectivity index (χ2n) is 3.47. The maximum absolute atomic E-state index is 5.88. The molecule has 74 valence electrons. The van der Waals surface area contributed by atoms with E-state index in [2.05, 4.69) is 0 Å². The van der Waals surface area contributed by atoms with Crippen molar-refractivity contribution in [2.24, 2.45) is 0 Å². The highest BCUT2D eigenvalue weighted by Gasteiger charge is 2.23. The van der Waals surface area contributed by atoms with Gasteiger partial charge in [0.1, 0.15) is 0 Å². The van der Waals surface area contributed by atoms with E-state index in [1.807, 2.05) is 27.7 Å².